The van der Waals surface area contributed by atoms with E-state index >= 15 is 0 Å². The number of aliphatic hydroxyl groups excluding tert-OH is 1. The predicted molar refractivity (Wildman–Crippen MR) is 71.3 cm³/mol. The van der Waals surface area contributed by atoms with Crippen LogP contribution >= 0.6 is 0 Å². The molecule has 1 aromatic rings. The number of nitrogen functional groups attached to an aromatic ring is 1. The molecule has 1 fully saturated rings. The summed E-state index contributed by atoms with van der Waals surface area (Å²) in [5, 5.41) is 12.7. The van der Waals surface area contributed by atoms with Gasteiger partial charge in [0.2, 0.25) is 0 Å². The van der Waals surface area contributed by atoms with E-state index < -0.39 is 6.10 Å². The molecule has 0 unspecified atom stereocenters. The lowest BCUT2D eigenvalue weighted by molar-refractivity contribution is 0.0718. The third kappa shape index (κ3) is 2.82. The van der Waals surface area contributed by atoms with E-state index in [0.717, 1.165) is 31.2 Å². The van der Waals surface area contributed by atoms with Crippen molar-refractivity contribution in [1.29, 1.82) is 0 Å². The molecule has 0 aliphatic heterocycles. The van der Waals surface area contributed by atoms with Gasteiger partial charge in [0.05, 0.1) is 17.7 Å². The lowest BCUT2D eigenvalue weighted by Gasteiger charge is -2.28. The highest BCUT2D eigenvalue weighted by molar-refractivity contribution is 5.99. The van der Waals surface area contributed by atoms with E-state index in [1.165, 1.54) is 0 Å². The van der Waals surface area contributed by atoms with Crippen LogP contribution < -0.4 is 11.1 Å². The van der Waals surface area contributed by atoms with Crippen LogP contribution in [0, 0.1) is 6.92 Å². The average molecular weight is 248 g/mol. The fraction of sp³-hybridized carbons (Fsp3) is 0.500. The highest BCUT2D eigenvalue weighted by Crippen LogP contribution is 2.20. The van der Waals surface area contributed by atoms with Gasteiger partial charge in [-0.2, -0.15) is 0 Å². The first-order valence-corrected chi connectivity index (χ1v) is 6.43. The zero-order valence-corrected chi connectivity index (χ0v) is 10.6. The Kier molecular flexibility index (Phi) is 3.87. The number of amides is 1. The molecule has 0 aromatic heterocycles. The van der Waals surface area contributed by atoms with Crippen molar-refractivity contribution < 1.29 is 9.90 Å². The van der Waals surface area contributed by atoms with Crippen LogP contribution in [-0.4, -0.2) is 23.2 Å². The lowest BCUT2D eigenvalue weighted by Crippen LogP contribution is -2.45. The minimum absolute atomic E-state index is 0.147. The van der Waals surface area contributed by atoms with Crippen molar-refractivity contribution in [2.75, 3.05) is 5.73 Å². The second-order valence-corrected chi connectivity index (χ2v) is 5.02. The van der Waals surface area contributed by atoms with Crippen LogP contribution in [0.3, 0.4) is 0 Å². The molecule has 4 nitrogen and oxygen atoms in total. The van der Waals surface area contributed by atoms with Crippen LogP contribution in [0.1, 0.15) is 41.6 Å². The molecule has 4 N–H and O–H groups in total. The number of hydrogen-bond acceptors (Lipinski definition) is 3. The molecular weight excluding hydrogens is 228 g/mol. The van der Waals surface area contributed by atoms with Crippen LogP contribution in [0.2, 0.25) is 0 Å². The Bertz CT molecular complexity index is 445. The SMILES string of the molecule is Cc1ccc(N)c(C(=O)N[C@@H]2CCCC[C@H]2O)c1. The van der Waals surface area contributed by atoms with Gasteiger partial charge in [0.25, 0.3) is 5.91 Å². The minimum Gasteiger partial charge on any atom is -0.398 e. The average Bonchev–Trinajstić information content (AvgIpc) is 2.35. The summed E-state index contributed by atoms with van der Waals surface area (Å²) < 4.78 is 0. The molecule has 4 heteroatoms. The fourth-order valence-electron chi connectivity index (χ4n) is 2.39. The quantitative estimate of drug-likeness (QED) is 0.696. The van der Waals surface area contributed by atoms with E-state index in [1.807, 2.05) is 13.0 Å². The summed E-state index contributed by atoms with van der Waals surface area (Å²) in [6.45, 7) is 1.92. The Balaban J connectivity index is 2.09. The van der Waals surface area contributed by atoms with E-state index in [-0.39, 0.29) is 11.9 Å². The number of carbonyl (C=O) groups is 1. The highest BCUT2D eigenvalue weighted by Gasteiger charge is 2.25. The monoisotopic (exact) mass is 248 g/mol. The normalized spacial score (nSPS) is 23.7. The summed E-state index contributed by atoms with van der Waals surface area (Å²) in [5.74, 6) is -0.192. The molecule has 0 radical (unpaired) electrons. The summed E-state index contributed by atoms with van der Waals surface area (Å²) in [4.78, 5) is 12.1. The summed E-state index contributed by atoms with van der Waals surface area (Å²) in [5.41, 5.74) is 7.77. The van der Waals surface area contributed by atoms with Gasteiger partial charge >= 0.3 is 0 Å². The molecular formula is C14H20N2O2. The maximum absolute atomic E-state index is 12.1. The zero-order chi connectivity index (χ0) is 13.1. The van der Waals surface area contributed by atoms with Crippen molar-refractivity contribution in [2.45, 2.75) is 44.8 Å². The summed E-state index contributed by atoms with van der Waals surface area (Å²) in [6.07, 6.45) is 3.23. The van der Waals surface area contributed by atoms with Crippen LogP contribution in [0.25, 0.3) is 0 Å². The Morgan fingerprint density at radius 1 is 1.39 bits per heavy atom. The van der Waals surface area contributed by atoms with Crippen molar-refractivity contribution >= 4 is 11.6 Å². The number of benzene rings is 1. The first-order chi connectivity index (χ1) is 8.58. The number of nitrogens with two attached hydrogens (primary N) is 1. The molecule has 0 saturated heterocycles. The molecule has 0 heterocycles. The second kappa shape index (κ2) is 5.40. The van der Waals surface area contributed by atoms with Gasteiger partial charge < -0.3 is 16.2 Å². The predicted octanol–water partition coefficient (Wildman–Crippen LogP) is 1.61. The molecule has 1 aliphatic rings. The van der Waals surface area contributed by atoms with Gasteiger partial charge in [-0.1, -0.05) is 24.5 Å². The Hall–Kier alpha value is -1.55. The van der Waals surface area contributed by atoms with E-state index in [0.29, 0.717) is 11.3 Å². The van der Waals surface area contributed by atoms with Gasteiger partial charge in [-0.05, 0) is 31.9 Å². The van der Waals surface area contributed by atoms with Crippen LogP contribution in [-0.2, 0) is 0 Å². The molecule has 1 amide bonds. The van der Waals surface area contributed by atoms with Gasteiger partial charge in [-0.25, -0.2) is 0 Å². The number of carbonyl (C=O) groups excluding carboxylic acids is 1. The number of aliphatic hydroxyl groups is 1. The topological polar surface area (TPSA) is 75.4 Å². The number of aryl methyl sites for hydroxylation is 1. The molecule has 18 heavy (non-hydrogen) atoms. The van der Waals surface area contributed by atoms with Crippen molar-refractivity contribution in [1.82, 2.24) is 5.32 Å². The maximum atomic E-state index is 12.1. The summed E-state index contributed by atoms with van der Waals surface area (Å²) in [7, 11) is 0. The first-order valence-electron chi connectivity index (χ1n) is 6.43. The summed E-state index contributed by atoms with van der Waals surface area (Å²) >= 11 is 0. The van der Waals surface area contributed by atoms with Crippen molar-refractivity contribution in [3.63, 3.8) is 0 Å². The van der Waals surface area contributed by atoms with E-state index in [1.54, 1.807) is 12.1 Å². The largest absolute Gasteiger partial charge is 0.398 e. The van der Waals surface area contributed by atoms with Crippen LogP contribution in [0.4, 0.5) is 5.69 Å². The number of nitrogens with one attached hydrogen (secondary N) is 1. The summed E-state index contributed by atoms with van der Waals surface area (Å²) in [6, 6.07) is 5.24. The third-order valence-electron chi connectivity index (χ3n) is 3.50. The molecule has 2 rings (SSSR count). The standard InChI is InChI=1S/C14H20N2O2/c1-9-6-7-11(15)10(8-9)14(18)16-12-4-2-3-5-13(12)17/h6-8,12-13,17H,2-5,15H2,1H3,(H,16,18)/t12-,13-/m1/s1. The molecule has 0 bridgehead atoms. The number of rotatable bonds is 2. The molecule has 1 aromatic carbocycles. The molecule has 2 atom stereocenters. The number of hydrogen-bond donors (Lipinski definition) is 3. The highest BCUT2D eigenvalue weighted by atomic mass is 16.3. The smallest absolute Gasteiger partial charge is 0.253 e. The first kappa shape index (κ1) is 12.9. The van der Waals surface area contributed by atoms with Crippen molar-refractivity contribution in [3.8, 4) is 0 Å². The molecule has 1 saturated carbocycles. The maximum Gasteiger partial charge on any atom is 0.253 e. The Morgan fingerprint density at radius 3 is 2.83 bits per heavy atom. The molecule has 0 spiro atoms. The van der Waals surface area contributed by atoms with Gasteiger partial charge in [0.1, 0.15) is 0 Å². The van der Waals surface area contributed by atoms with Gasteiger partial charge in [-0.15, -0.1) is 0 Å². The van der Waals surface area contributed by atoms with E-state index in [9.17, 15) is 9.90 Å². The van der Waals surface area contributed by atoms with Crippen LogP contribution in [0.5, 0.6) is 0 Å². The van der Waals surface area contributed by atoms with Crippen molar-refractivity contribution in [3.05, 3.63) is 29.3 Å². The molecule has 1 aliphatic carbocycles. The molecule has 98 valence electrons. The minimum atomic E-state index is -0.436. The lowest BCUT2D eigenvalue weighted by atomic mass is 9.92. The van der Waals surface area contributed by atoms with Gasteiger partial charge in [-0.3, -0.25) is 4.79 Å². The number of anilines is 1. The fourth-order valence-corrected chi connectivity index (χ4v) is 2.39. The third-order valence-corrected chi connectivity index (χ3v) is 3.50. The van der Waals surface area contributed by atoms with Crippen molar-refractivity contribution in [2.24, 2.45) is 0 Å². The Labute approximate surface area is 107 Å². The van der Waals surface area contributed by atoms with Gasteiger partial charge in [0.15, 0.2) is 0 Å². The Morgan fingerprint density at radius 2 is 2.11 bits per heavy atom. The van der Waals surface area contributed by atoms with E-state index in [4.69, 9.17) is 5.73 Å². The zero-order valence-electron chi connectivity index (χ0n) is 10.6. The van der Waals surface area contributed by atoms with Gasteiger partial charge in [0, 0.05) is 5.69 Å². The second-order valence-electron chi connectivity index (χ2n) is 5.02. The van der Waals surface area contributed by atoms with E-state index in [2.05, 4.69) is 5.32 Å². The van der Waals surface area contributed by atoms with Crippen LogP contribution in [0.15, 0.2) is 18.2 Å².